The molecule has 2 aromatic carbocycles. The lowest BCUT2D eigenvalue weighted by Crippen LogP contribution is -2.18. The quantitative estimate of drug-likeness (QED) is 0.306. The lowest BCUT2D eigenvalue weighted by atomic mass is 10.1. The molecular formula is C19H17N6O6-. The number of ether oxygens (including phenoxy) is 2. The molecule has 0 aliphatic carbocycles. The van der Waals surface area contributed by atoms with E-state index >= 15 is 0 Å². The largest absolute Gasteiger partial charge is 0.872 e. The van der Waals surface area contributed by atoms with Crippen LogP contribution in [0.25, 0.3) is 0 Å². The van der Waals surface area contributed by atoms with Crippen LogP contribution in [0.4, 0.5) is 11.6 Å². The molecule has 31 heavy (non-hydrogen) atoms. The predicted octanol–water partition coefficient (Wildman–Crippen LogP) is 1.20. The molecule has 0 aliphatic rings. The molecule has 3 rings (SSSR count). The zero-order valence-corrected chi connectivity index (χ0v) is 16.5. The fourth-order valence-electron chi connectivity index (χ4n) is 2.62. The second-order valence-corrected chi connectivity index (χ2v) is 6.16. The maximum absolute atomic E-state index is 12.3. The second-order valence-electron chi connectivity index (χ2n) is 6.16. The van der Waals surface area contributed by atoms with Crippen molar-refractivity contribution in [2.24, 2.45) is 5.10 Å². The van der Waals surface area contributed by atoms with Crippen LogP contribution in [0.3, 0.4) is 0 Å². The number of anilines is 1. The molecular weight excluding hydrogens is 408 g/mol. The van der Waals surface area contributed by atoms with Crippen molar-refractivity contribution in [3.63, 3.8) is 0 Å². The van der Waals surface area contributed by atoms with E-state index < -0.39 is 16.2 Å². The van der Waals surface area contributed by atoms with Crippen LogP contribution in [0.1, 0.15) is 16.8 Å². The molecule has 1 heterocycles. The molecule has 3 aromatic rings. The van der Waals surface area contributed by atoms with Crippen molar-refractivity contribution in [3.8, 4) is 17.2 Å². The van der Waals surface area contributed by atoms with Crippen LogP contribution in [-0.4, -0.2) is 40.5 Å². The van der Waals surface area contributed by atoms with E-state index in [4.69, 9.17) is 9.47 Å². The summed E-state index contributed by atoms with van der Waals surface area (Å²) in [6, 6.07) is 8.50. The summed E-state index contributed by atoms with van der Waals surface area (Å²) in [4.78, 5) is 25.0. The molecule has 0 saturated heterocycles. The summed E-state index contributed by atoms with van der Waals surface area (Å²) in [5, 5.41) is 34.1. The highest BCUT2D eigenvalue weighted by Gasteiger charge is 2.10. The van der Waals surface area contributed by atoms with Gasteiger partial charge < -0.3 is 14.6 Å². The molecule has 12 nitrogen and oxygen atoms in total. The minimum absolute atomic E-state index is 0.00193. The van der Waals surface area contributed by atoms with Gasteiger partial charge in [0.05, 0.1) is 25.4 Å². The molecule has 0 spiro atoms. The number of nitrogens with one attached hydrogen (secondary N) is 2. The van der Waals surface area contributed by atoms with Crippen molar-refractivity contribution in [3.05, 3.63) is 73.7 Å². The minimum Gasteiger partial charge on any atom is -0.872 e. The Bertz CT molecular complexity index is 1190. The third-order valence-electron chi connectivity index (χ3n) is 4.16. The first-order valence-electron chi connectivity index (χ1n) is 8.82. The Hall–Kier alpha value is -4.48. The minimum atomic E-state index is -0.621. The Morgan fingerprint density at radius 2 is 1.94 bits per heavy atom. The molecule has 0 atom stereocenters. The maximum Gasteiger partial charge on any atom is 0.274 e. The third-order valence-corrected chi connectivity index (χ3v) is 4.16. The van der Waals surface area contributed by atoms with Crippen LogP contribution < -0.4 is 25.6 Å². The molecule has 0 unspecified atom stereocenters. The molecule has 0 saturated carbocycles. The van der Waals surface area contributed by atoms with Crippen LogP contribution in [-0.2, 0) is 6.42 Å². The van der Waals surface area contributed by atoms with Crippen molar-refractivity contribution in [1.29, 1.82) is 0 Å². The SMILES string of the molecule is COc1ccc(Cc2nnc(N/N=C/c3cc([N+](=O)[O-])ccc3[O-])[nH]c2=O)cc1OC. The Morgan fingerprint density at radius 1 is 1.16 bits per heavy atom. The van der Waals surface area contributed by atoms with Gasteiger partial charge in [0, 0.05) is 18.6 Å². The first kappa shape index (κ1) is 21.2. The van der Waals surface area contributed by atoms with E-state index in [2.05, 4.69) is 25.7 Å². The summed E-state index contributed by atoms with van der Waals surface area (Å²) < 4.78 is 10.4. The van der Waals surface area contributed by atoms with Gasteiger partial charge in [-0.05, 0) is 23.3 Å². The fraction of sp³-hybridized carbons (Fsp3) is 0.158. The normalized spacial score (nSPS) is 10.8. The molecule has 160 valence electrons. The standard InChI is InChI=1S/C19H18N6O6/c1-30-16-6-3-11(8-17(16)31-2)7-14-18(27)21-19(24-22-14)23-20-10-12-9-13(25(28)29)4-5-15(12)26/h3-6,8-10,26H,7H2,1-2H3,(H2,21,23,24,27)/p-1/b20-10+. The summed E-state index contributed by atoms with van der Waals surface area (Å²) in [5.41, 5.74) is 2.64. The van der Waals surface area contributed by atoms with Crippen LogP contribution in [0, 0.1) is 10.1 Å². The van der Waals surface area contributed by atoms with Gasteiger partial charge in [-0.1, -0.05) is 17.9 Å². The number of nitro benzene ring substituents is 1. The van der Waals surface area contributed by atoms with Gasteiger partial charge in [0.1, 0.15) is 5.69 Å². The first-order valence-corrected chi connectivity index (χ1v) is 8.82. The number of benzene rings is 2. The molecule has 0 amide bonds. The van der Waals surface area contributed by atoms with Gasteiger partial charge in [-0.25, -0.2) is 5.43 Å². The Balaban J connectivity index is 1.72. The number of aromatic nitrogens is 3. The van der Waals surface area contributed by atoms with E-state index in [1.807, 2.05) is 0 Å². The number of hydrogen-bond donors (Lipinski definition) is 2. The number of non-ortho nitro benzene ring substituents is 1. The number of rotatable bonds is 8. The molecule has 0 bridgehead atoms. The average Bonchev–Trinajstić information content (AvgIpc) is 2.76. The van der Waals surface area contributed by atoms with Gasteiger partial charge in [0.15, 0.2) is 11.5 Å². The van der Waals surface area contributed by atoms with Gasteiger partial charge in [0.2, 0.25) is 5.95 Å². The van der Waals surface area contributed by atoms with Crippen LogP contribution in [0.2, 0.25) is 0 Å². The van der Waals surface area contributed by atoms with Gasteiger partial charge >= 0.3 is 0 Å². The smallest absolute Gasteiger partial charge is 0.274 e. The number of nitro groups is 1. The number of hydrogen-bond acceptors (Lipinski definition) is 10. The fourth-order valence-corrected chi connectivity index (χ4v) is 2.62. The van der Waals surface area contributed by atoms with Gasteiger partial charge in [0.25, 0.3) is 11.2 Å². The van der Waals surface area contributed by atoms with Crippen molar-refractivity contribution >= 4 is 17.9 Å². The summed E-state index contributed by atoms with van der Waals surface area (Å²) >= 11 is 0. The monoisotopic (exact) mass is 425 g/mol. The molecule has 0 radical (unpaired) electrons. The van der Waals surface area contributed by atoms with Crippen LogP contribution >= 0.6 is 0 Å². The van der Waals surface area contributed by atoms with Crippen molar-refractivity contribution in [1.82, 2.24) is 15.2 Å². The summed E-state index contributed by atoms with van der Waals surface area (Å²) in [5.74, 6) is 0.584. The number of methoxy groups -OCH3 is 2. The highest BCUT2D eigenvalue weighted by molar-refractivity contribution is 5.84. The Morgan fingerprint density at radius 3 is 2.61 bits per heavy atom. The maximum atomic E-state index is 12.3. The lowest BCUT2D eigenvalue weighted by molar-refractivity contribution is -0.385. The summed E-state index contributed by atoms with van der Waals surface area (Å²) in [6.45, 7) is 0. The van der Waals surface area contributed by atoms with Crippen LogP contribution in [0.15, 0.2) is 46.3 Å². The van der Waals surface area contributed by atoms with Crippen LogP contribution in [0.5, 0.6) is 17.2 Å². The van der Waals surface area contributed by atoms with Gasteiger partial charge in [-0.15, -0.1) is 10.2 Å². The Labute approximate surface area is 175 Å². The van der Waals surface area contributed by atoms with E-state index in [9.17, 15) is 20.0 Å². The first-order chi connectivity index (χ1) is 14.9. The number of aromatic amines is 1. The van der Waals surface area contributed by atoms with Gasteiger partial charge in [-0.3, -0.25) is 19.9 Å². The van der Waals surface area contributed by atoms with E-state index in [1.165, 1.54) is 14.2 Å². The number of nitrogens with zero attached hydrogens (tertiary/aromatic N) is 4. The number of hydrazone groups is 1. The van der Waals surface area contributed by atoms with E-state index in [-0.39, 0.29) is 29.3 Å². The predicted molar refractivity (Wildman–Crippen MR) is 109 cm³/mol. The van der Waals surface area contributed by atoms with Crippen molar-refractivity contribution in [2.75, 3.05) is 19.6 Å². The topological polar surface area (TPSA) is 168 Å². The second kappa shape index (κ2) is 9.35. The van der Waals surface area contributed by atoms with Gasteiger partial charge in [-0.2, -0.15) is 5.10 Å². The van der Waals surface area contributed by atoms with E-state index in [0.717, 1.165) is 30.0 Å². The molecule has 12 heteroatoms. The Kier molecular flexibility index (Phi) is 6.40. The van der Waals surface area contributed by atoms with Crippen molar-refractivity contribution in [2.45, 2.75) is 6.42 Å². The molecule has 1 aromatic heterocycles. The van der Waals surface area contributed by atoms with E-state index in [0.29, 0.717) is 11.5 Å². The van der Waals surface area contributed by atoms with E-state index in [1.54, 1.807) is 18.2 Å². The molecule has 0 fully saturated rings. The average molecular weight is 425 g/mol. The summed E-state index contributed by atoms with van der Waals surface area (Å²) in [7, 11) is 3.04. The van der Waals surface area contributed by atoms with Crippen molar-refractivity contribution < 1.29 is 19.5 Å². The lowest BCUT2D eigenvalue weighted by Gasteiger charge is -2.09. The highest BCUT2D eigenvalue weighted by atomic mass is 16.6. The zero-order valence-electron chi connectivity index (χ0n) is 16.5. The molecule has 0 aliphatic heterocycles. The highest BCUT2D eigenvalue weighted by Crippen LogP contribution is 2.28. The molecule has 2 N–H and O–H groups in total. The zero-order chi connectivity index (χ0) is 22.4. The summed E-state index contributed by atoms with van der Waals surface area (Å²) in [6.07, 6.45) is 1.30. The third kappa shape index (κ3) is 5.12. The number of H-pyrrole nitrogens is 1.